The van der Waals surface area contributed by atoms with Crippen molar-refractivity contribution in [2.75, 3.05) is 61.7 Å². The van der Waals surface area contributed by atoms with Crippen LogP contribution in [0.25, 0.3) is 0 Å². The highest BCUT2D eigenvalue weighted by molar-refractivity contribution is 9.93. The first-order chi connectivity index (χ1) is 62.4. The van der Waals surface area contributed by atoms with E-state index in [1.54, 1.807) is 30.3 Å². The Morgan fingerprint density at radius 2 is 0.827 bits per heavy atom. The highest BCUT2D eigenvalue weighted by atomic mass is 80.9. The molecule has 8 heterocycles. The number of allylic oxidation sites excluding steroid dienone is 3. The molecule has 4 aliphatic rings. The number of methoxy groups -OCH3 is 4. The highest BCUT2D eigenvalue weighted by Gasteiger charge is 2.43. The minimum absolute atomic E-state index is 0.0207. The predicted molar refractivity (Wildman–Crippen MR) is 469 cm³/mol. The van der Waals surface area contributed by atoms with E-state index in [1.807, 2.05) is 12.1 Å². The van der Waals surface area contributed by atoms with Crippen LogP contribution in [0.3, 0.4) is 0 Å². The van der Waals surface area contributed by atoms with E-state index in [1.165, 1.54) is 166 Å². The number of carbonyl (C=O) groups is 10. The van der Waals surface area contributed by atoms with E-state index in [0.29, 0.717) is 26.9 Å². The largest absolute Gasteiger partial charge is 0.469 e. The van der Waals surface area contributed by atoms with Crippen LogP contribution in [-0.2, 0) is 72.4 Å². The number of urea groups is 4. The summed E-state index contributed by atoms with van der Waals surface area (Å²) in [6.07, 6.45) is -9.33. The normalized spacial score (nSPS) is 15.0. The number of nitrogens with one attached hydrogen (secondary N) is 4. The van der Waals surface area contributed by atoms with E-state index in [2.05, 4.69) is 106 Å². The Morgan fingerprint density at radius 1 is 0.511 bits per heavy atom. The number of anilines is 4. The first-order valence-electron chi connectivity index (χ1n) is 37.7. The number of carbonyl (C=O) groups excluding carboxylic acids is 10. The lowest BCUT2D eigenvalue weighted by Crippen LogP contribution is -2.48. The van der Waals surface area contributed by atoms with Gasteiger partial charge in [-0.2, -0.15) is 68.5 Å². The maximum absolute atomic E-state index is 13.1. The summed E-state index contributed by atoms with van der Waals surface area (Å²) in [5.41, 5.74) is 2.63. The first-order valence-corrected chi connectivity index (χ1v) is 43.0. The zero-order chi connectivity index (χ0) is 100. The molecule has 47 heteroatoms. The number of nitrogens with two attached hydrogens (primary N) is 1. The van der Waals surface area contributed by atoms with Crippen molar-refractivity contribution in [3.8, 4) is 18.2 Å². The molecule has 8 aromatic rings. The van der Waals surface area contributed by atoms with Crippen molar-refractivity contribution < 1.29 is 129 Å². The number of ketones is 1. The summed E-state index contributed by atoms with van der Waals surface area (Å²) >= 11 is 11.9. The molecular formula is C86H79Br4F12N15O16. The third-order valence-corrected chi connectivity index (χ3v) is 18.5. The monoisotopic (exact) mass is 2120 g/mol. The average Bonchev–Trinajstić information content (AvgIpc) is 1.05. The van der Waals surface area contributed by atoms with Crippen molar-refractivity contribution in [1.29, 1.82) is 15.8 Å². The lowest BCUT2D eigenvalue weighted by molar-refractivity contribution is -0.143. The predicted octanol–water partition coefficient (Wildman–Crippen LogP) is 18.7. The van der Waals surface area contributed by atoms with Gasteiger partial charge >= 0.3 is 72.7 Å². The lowest BCUT2D eigenvalue weighted by atomic mass is 9.95. The number of amides is 8. The highest BCUT2D eigenvalue weighted by Crippen LogP contribution is 2.42. The number of pyridine rings is 4. The van der Waals surface area contributed by atoms with Gasteiger partial charge in [0, 0.05) is 94.6 Å². The molecule has 4 aliphatic heterocycles. The van der Waals surface area contributed by atoms with Gasteiger partial charge in [-0.3, -0.25) is 29.1 Å². The van der Waals surface area contributed by atoms with Gasteiger partial charge in [-0.15, -0.1) is 0 Å². The number of nitriles is 3. The number of alkyl halides is 12. The van der Waals surface area contributed by atoms with Gasteiger partial charge in [-0.1, -0.05) is 42.5 Å². The summed E-state index contributed by atoms with van der Waals surface area (Å²) in [7, 11) is 4.75. The summed E-state index contributed by atoms with van der Waals surface area (Å²) in [4.78, 5) is 135. The molecule has 1 fully saturated rings. The van der Waals surface area contributed by atoms with E-state index in [-0.39, 0.29) is 80.2 Å². The summed E-state index contributed by atoms with van der Waals surface area (Å²) in [5.74, 6) is -2.89. The van der Waals surface area contributed by atoms with Crippen molar-refractivity contribution in [3.05, 3.63) is 269 Å². The molecule has 4 aromatic heterocycles. The zero-order valence-electron chi connectivity index (χ0n) is 71.2. The molecule has 4 aromatic carbocycles. The topological polar surface area (TPSA) is 444 Å². The van der Waals surface area contributed by atoms with Gasteiger partial charge in [-0.25, -0.2) is 53.5 Å². The second-order valence-electron chi connectivity index (χ2n) is 27.4. The molecule has 706 valence electrons. The van der Waals surface area contributed by atoms with Crippen molar-refractivity contribution >= 4 is 143 Å². The van der Waals surface area contributed by atoms with Crippen LogP contribution in [0.5, 0.6) is 0 Å². The second kappa shape index (κ2) is 51.9. The maximum atomic E-state index is 13.1. The van der Waals surface area contributed by atoms with Crippen LogP contribution < -0.4 is 41.7 Å². The fourth-order valence-corrected chi connectivity index (χ4v) is 12.0. The molecule has 12 rings (SSSR count). The van der Waals surface area contributed by atoms with Gasteiger partial charge in [0.1, 0.15) is 50.5 Å². The third-order valence-electron chi connectivity index (χ3n) is 17.6. The number of benzene rings is 4. The van der Waals surface area contributed by atoms with Crippen LogP contribution in [0.1, 0.15) is 140 Å². The minimum atomic E-state index is -4.60. The summed E-state index contributed by atoms with van der Waals surface area (Å²) < 4.78 is 179. The number of hydrogen-bond donors (Lipinski definition) is 6. The summed E-state index contributed by atoms with van der Waals surface area (Å²) in [5, 5.41) is 44.0. The Balaban J connectivity index is 0.000000340. The quantitative estimate of drug-likeness (QED) is 0.0119. The number of aliphatic hydroxyl groups is 1. The van der Waals surface area contributed by atoms with Crippen molar-refractivity contribution in [1.82, 2.24) is 35.9 Å². The van der Waals surface area contributed by atoms with Crippen molar-refractivity contribution in [2.45, 2.75) is 109 Å². The Labute approximate surface area is 783 Å². The molecule has 133 heavy (non-hydrogen) atoms. The first kappa shape index (κ1) is 112. The number of aromatic nitrogens is 4. The smallest absolute Gasteiger partial charge is 0.416 e. The van der Waals surface area contributed by atoms with Crippen LogP contribution in [0.4, 0.5) is 94.6 Å². The molecule has 31 nitrogen and oxygen atoms in total. The number of rotatable bonds is 13. The number of nitrogens with zero attached hydrogens (tertiary/aromatic N) is 10. The standard InChI is InChI=1S/2C20H15F3N4O3.C19H15BrF3N3O3.C8H7F3N2O.C6H4BrNO.C5H8O3.C4H7NO.C4H8O.Br2/c2*1-11-16(18(28)30-2)17(12-6-7-14(9-24)25-10-12)26-19(29)27(11)15-5-3-4-13(8-15)20(21,22)23;1-10-15(17(27)29-2)16(11-6-7-14(20)24-9-11)25-18(28)26(10)13-5-3-4-12(8-13)19(21,22)23;9-8(10,11)5-2-1-3-6(4-5)13-7(12)14;7-6-2-1-5(4-9)3-8-6;1-4(6)3-5(7)8-2;1-4(2,6)3-5;1-2-4-5-3-1;1-2/h2*3-8,10,17H,1-2H3,(H,26,29);3-9,16H,1-2H3,(H,25,28);1-4H,(H3,12,13,14);1-4H;3H2,1-2H3;6H,1-2H3;1-4H2;/t17-;;;;;;;;/m1......../s1. The van der Waals surface area contributed by atoms with E-state index in [4.69, 9.17) is 45.6 Å². The SMILES string of the molecule is BrBr.C1CCOC1.CC(C)(O)C#N.COC(=O)C1=C(C)N(c2cccc(C(F)(F)F)c2)C(=O)NC1c1ccc(Br)nc1.COC(=O)C1=C(C)N(c2cccc(C(F)(F)F)c2)C(=O)NC1c1ccc(C#N)nc1.COC(=O)C1=C(C)N(c2cccc(C(F)(F)F)c2)C(=O)N[C@@H]1c1ccc(C#N)nc1.COC(=O)CC(C)=O.NC(=O)Nc1cccc(C(F)(F)F)c1.O=Cc1ccc(Br)nc1. The van der Waals surface area contributed by atoms with Crippen LogP contribution in [0, 0.1) is 34.0 Å². The molecule has 0 spiro atoms. The van der Waals surface area contributed by atoms with E-state index >= 15 is 0 Å². The number of hydrogen-bond acceptors (Lipinski definition) is 23. The van der Waals surface area contributed by atoms with Gasteiger partial charge in [0.15, 0.2) is 6.29 Å². The number of esters is 4. The lowest BCUT2D eigenvalue weighted by Gasteiger charge is -2.35. The van der Waals surface area contributed by atoms with Gasteiger partial charge in [-0.05, 0) is 206 Å². The number of ether oxygens (including phenoxy) is 5. The van der Waals surface area contributed by atoms with Crippen LogP contribution in [-0.4, -0.2) is 132 Å². The number of primary amides is 1. The third kappa shape index (κ3) is 34.3. The van der Waals surface area contributed by atoms with E-state index in [0.717, 1.165) is 102 Å². The van der Waals surface area contributed by atoms with Crippen LogP contribution >= 0.6 is 60.1 Å². The van der Waals surface area contributed by atoms with Gasteiger partial charge in [0.2, 0.25) is 0 Å². The van der Waals surface area contributed by atoms with Crippen LogP contribution in [0.2, 0.25) is 0 Å². The molecule has 0 radical (unpaired) electrons. The fraction of sp³-hybridized carbons (Fsp3) is 0.267. The number of Topliss-reactive ketones (excluding diaryl/α,β-unsaturated/α-hetero) is 1. The number of aldehydes is 1. The molecular weight excluding hydrogens is 2050 g/mol. The van der Waals surface area contributed by atoms with Gasteiger partial charge in [0.25, 0.3) is 0 Å². The van der Waals surface area contributed by atoms with Crippen molar-refractivity contribution in [2.24, 2.45) is 5.73 Å². The van der Waals surface area contributed by atoms with Gasteiger partial charge in [0.05, 0.1) is 109 Å². The summed E-state index contributed by atoms with van der Waals surface area (Å²) in [6.45, 7) is 10.6. The Morgan fingerprint density at radius 3 is 1.06 bits per heavy atom. The average molecular weight is 2130 g/mol. The van der Waals surface area contributed by atoms with Gasteiger partial charge < -0.3 is 55.8 Å². The molecule has 2 unspecified atom stereocenters. The molecule has 8 amide bonds. The molecule has 0 aliphatic carbocycles. The Kier molecular flexibility index (Phi) is 43.6. The molecule has 1 saturated heterocycles. The molecule has 7 N–H and O–H groups in total. The molecule has 3 atom stereocenters. The Hall–Kier alpha value is -13.5. The van der Waals surface area contributed by atoms with E-state index < -0.39 is 119 Å². The summed E-state index contributed by atoms with van der Waals surface area (Å²) in [6, 6.07) is 29.2. The second-order valence-corrected chi connectivity index (χ2v) is 29.0. The molecule has 0 bridgehead atoms. The zero-order valence-corrected chi connectivity index (χ0v) is 77.5. The Bertz CT molecular complexity index is 5490. The minimum Gasteiger partial charge on any atom is -0.469 e. The molecule has 0 saturated carbocycles. The maximum Gasteiger partial charge on any atom is 0.416 e. The fourth-order valence-electron chi connectivity index (χ4n) is 11.5. The van der Waals surface area contributed by atoms with E-state index in [9.17, 15) is 101 Å². The number of halogens is 16. The van der Waals surface area contributed by atoms with Crippen LogP contribution in [0.15, 0.2) is 213 Å². The van der Waals surface area contributed by atoms with Crippen molar-refractivity contribution in [3.63, 3.8) is 0 Å².